The lowest BCUT2D eigenvalue weighted by Crippen LogP contribution is -2.57. The maximum atomic E-state index is 12.4. The maximum Gasteiger partial charge on any atom is 0.320 e. The molecule has 1 N–H and O–H groups in total. The number of carbonyl (C=O) groups is 2. The summed E-state index contributed by atoms with van der Waals surface area (Å²) in [6.45, 7) is 4.22. The number of amides is 2. The number of aliphatic carboxylic acids is 1. The molecule has 108 valence electrons. The molecule has 0 aromatic carbocycles. The van der Waals surface area contributed by atoms with E-state index in [0.29, 0.717) is 19.1 Å². The fraction of sp³-hybridized carbons (Fsp3) is 0.857. The van der Waals surface area contributed by atoms with E-state index in [2.05, 4.69) is 6.92 Å². The van der Waals surface area contributed by atoms with Crippen molar-refractivity contribution >= 4 is 12.0 Å². The second-order valence-electron chi connectivity index (χ2n) is 5.76. The highest BCUT2D eigenvalue weighted by Crippen LogP contribution is 2.25. The normalized spacial score (nSPS) is 24.8. The molecule has 0 saturated carbocycles. The molecular formula is C14H24N2O3. The summed E-state index contributed by atoms with van der Waals surface area (Å²) in [5.74, 6) is -0.619. The Morgan fingerprint density at radius 3 is 2.58 bits per heavy atom. The van der Waals surface area contributed by atoms with Crippen LogP contribution in [0.4, 0.5) is 4.79 Å². The van der Waals surface area contributed by atoms with Gasteiger partial charge in [0, 0.05) is 31.6 Å². The summed E-state index contributed by atoms with van der Waals surface area (Å²) in [5, 5.41) is 8.73. The lowest BCUT2D eigenvalue weighted by molar-refractivity contribution is -0.139. The average molecular weight is 268 g/mol. The molecule has 0 bridgehead atoms. The van der Waals surface area contributed by atoms with Crippen molar-refractivity contribution in [2.75, 3.05) is 19.6 Å². The van der Waals surface area contributed by atoms with E-state index in [1.165, 1.54) is 12.8 Å². The molecule has 2 fully saturated rings. The molecule has 2 heterocycles. The number of carbonyl (C=O) groups excluding carboxylic acids is 1. The number of rotatable bonds is 3. The fourth-order valence-corrected chi connectivity index (χ4v) is 3.14. The van der Waals surface area contributed by atoms with E-state index in [1.807, 2.05) is 9.80 Å². The van der Waals surface area contributed by atoms with Gasteiger partial charge in [-0.1, -0.05) is 19.8 Å². The van der Waals surface area contributed by atoms with Crippen molar-refractivity contribution in [3.63, 3.8) is 0 Å². The Morgan fingerprint density at radius 2 is 1.95 bits per heavy atom. The van der Waals surface area contributed by atoms with Crippen LogP contribution in [0.3, 0.4) is 0 Å². The smallest absolute Gasteiger partial charge is 0.320 e. The highest BCUT2D eigenvalue weighted by atomic mass is 16.4. The maximum absolute atomic E-state index is 12.4. The van der Waals surface area contributed by atoms with Gasteiger partial charge >= 0.3 is 12.0 Å². The lowest BCUT2D eigenvalue weighted by atomic mass is 9.97. The van der Waals surface area contributed by atoms with Gasteiger partial charge in [-0.15, -0.1) is 0 Å². The van der Waals surface area contributed by atoms with Gasteiger partial charge in [0.05, 0.1) is 6.42 Å². The van der Waals surface area contributed by atoms with Gasteiger partial charge < -0.3 is 14.9 Å². The van der Waals surface area contributed by atoms with Crippen molar-refractivity contribution in [1.82, 2.24) is 9.80 Å². The Balaban J connectivity index is 1.87. The van der Waals surface area contributed by atoms with Crippen LogP contribution in [-0.2, 0) is 4.79 Å². The second kappa shape index (κ2) is 6.26. The van der Waals surface area contributed by atoms with Crippen molar-refractivity contribution in [2.45, 2.75) is 51.5 Å². The molecule has 1 atom stereocenters. The van der Waals surface area contributed by atoms with Crippen molar-refractivity contribution < 1.29 is 14.7 Å². The van der Waals surface area contributed by atoms with Crippen molar-refractivity contribution in [3.8, 4) is 0 Å². The zero-order valence-electron chi connectivity index (χ0n) is 11.7. The Bertz CT molecular complexity index is 340. The van der Waals surface area contributed by atoms with Crippen LogP contribution in [0.5, 0.6) is 0 Å². The van der Waals surface area contributed by atoms with Crippen molar-refractivity contribution in [3.05, 3.63) is 0 Å². The Labute approximate surface area is 114 Å². The van der Waals surface area contributed by atoms with Gasteiger partial charge in [0.1, 0.15) is 0 Å². The van der Waals surface area contributed by atoms with Gasteiger partial charge in [-0.25, -0.2) is 4.79 Å². The molecule has 0 spiro atoms. The van der Waals surface area contributed by atoms with Gasteiger partial charge in [0.25, 0.3) is 0 Å². The topological polar surface area (TPSA) is 60.9 Å². The number of carboxylic acid groups (broad SMARTS) is 1. The average Bonchev–Trinajstić information content (AvgIpc) is 2.57. The van der Waals surface area contributed by atoms with Crippen LogP contribution in [0.1, 0.15) is 45.4 Å². The van der Waals surface area contributed by atoms with Gasteiger partial charge in [0.15, 0.2) is 0 Å². The third kappa shape index (κ3) is 3.39. The van der Waals surface area contributed by atoms with E-state index in [-0.39, 0.29) is 18.4 Å². The molecule has 19 heavy (non-hydrogen) atoms. The first-order valence-electron chi connectivity index (χ1n) is 7.39. The summed E-state index contributed by atoms with van der Waals surface area (Å²) >= 11 is 0. The molecule has 2 saturated heterocycles. The van der Waals surface area contributed by atoms with Gasteiger partial charge in [-0.3, -0.25) is 4.79 Å². The number of urea groups is 1. The zero-order chi connectivity index (χ0) is 13.8. The number of hydrogen-bond donors (Lipinski definition) is 1. The van der Waals surface area contributed by atoms with E-state index >= 15 is 0 Å². The molecule has 2 aliphatic rings. The summed E-state index contributed by atoms with van der Waals surface area (Å²) in [6.07, 6.45) is 5.81. The zero-order valence-corrected chi connectivity index (χ0v) is 11.7. The van der Waals surface area contributed by atoms with E-state index < -0.39 is 5.97 Å². The van der Waals surface area contributed by atoms with E-state index in [9.17, 15) is 9.59 Å². The standard InChI is InChI=1S/C14H24N2O3/c1-2-12-6-4-3-5-7-16(12)14(19)15-9-11(10-15)8-13(17)18/h11-12H,2-10H2,1H3,(H,17,18). The molecule has 1 unspecified atom stereocenters. The van der Waals surface area contributed by atoms with Crippen molar-refractivity contribution in [2.24, 2.45) is 5.92 Å². The molecule has 0 aliphatic carbocycles. The van der Waals surface area contributed by atoms with Gasteiger partial charge in [-0.2, -0.15) is 0 Å². The highest BCUT2D eigenvalue weighted by Gasteiger charge is 2.36. The minimum Gasteiger partial charge on any atom is -0.481 e. The van der Waals surface area contributed by atoms with Crippen LogP contribution in [0.15, 0.2) is 0 Å². The third-order valence-electron chi connectivity index (χ3n) is 4.29. The van der Waals surface area contributed by atoms with E-state index in [0.717, 1.165) is 25.8 Å². The quantitative estimate of drug-likeness (QED) is 0.853. The SMILES string of the molecule is CCC1CCCCCN1C(=O)N1CC(CC(=O)O)C1. The molecule has 0 radical (unpaired) electrons. The molecule has 2 aliphatic heterocycles. The molecule has 0 aromatic rings. The first-order chi connectivity index (χ1) is 9.11. The van der Waals surface area contributed by atoms with Crippen LogP contribution in [0.2, 0.25) is 0 Å². The minimum absolute atomic E-state index is 0.121. The molecule has 5 nitrogen and oxygen atoms in total. The highest BCUT2D eigenvalue weighted by molar-refractivity contribution is 5.76. The summed E-state index contributed by atoms with van der Waals surface area (Å²) in [5.41, 5.74) is 0. The Morgan fingerprint density at radius 1 is 1.21 bits per heavy atom. The van der Waals surface area contributed by atoms with E-state index in [4.69, 9.17) is 5.11 Å². The van der Waals surface area contributed by atoms with Gasteiger partial charge in [0.2, 0.25) is 0 Å². The van der Waals surface area contributed by atoms with E-state index in [1.54, 1.807) is 0 Å². The van der Waals surface area contributed by atoms with Crippen LogP contribution >= 0.6 is 0 Å². The number of nitrogens with zero attached hydrogens (tertiary/aromatic N) is 2. The van der Waals surface area contributed by atoms with Crippen LogP contribution in [0.25, 0.3) is 0 Å². The molecular weight excluding hydrogens is 244 g/mol. The summed E-state index contributed by atoms with van der Waals surface area (Å²) in [6, 6.07) is 0.490. The molecule has 2 rings (SSSR count). The predicted molar refractivity (Wildman–Crippen MR) is 72.0 cm³/mol. The summed E-state index contributed by atoms with van der Waals surface area (Å²) in [7, 11) is 0. The van der Waals surface area contributed by atoms with Crippen LogP contribution in [-0.4, -0.2) is 52.6 Å². The van der Waals surface area contributed by atoms with Crippen molar-refractivity contribution in [1.29, 1.82) is 0 Å². The summed E-state index contributed by atoms with van der Waals surface area (Å²) in [4.78, 5) is 26.9. The summed E-state index contributed by atoms with van der Waals surface area (Å²) < 4.78 is 0. The third-order valence-corrected chi connectivity index (χ3v) is 4.29. The fourth-order valence-electron chi connectivity index (χ4n) is 3.14. The first-order valence-corrected chi connectivity index (χ1v) is 7.39. The molecule has 2 amide bonds. The number of hydrogen-bond acceptors (Lipinski definition) is 2. The largest absolute Gasteiger partial charge is 0.481 e. The second-order valence-corrected chi connectivity index (χ2v) is 5.76. The van der Waals surface area contributed by atoms with Crippen LogP contribution < -0.4 is 0 Å². The first kappa shape index (κ1) is 14.2. The number of likely N-dealkylation sites (tertiary alicyclic amines) is 2. The molecule has 5 heteroatoms. The predicted octanol–water partition coefficient (Wildman–Crippen LogP) is 2.17. The minimum atomic E-state index is -0.765. The Kier molecular flexibility index (Phi) is 4.66. The lowest BCUT2D eigenvalue weighted by Gasteiger charge is -2.43. The van der Waals surface area contributed by atoms with Gasteiger partial charge in [-0.05, 0) is 19.3 Å². The number of carboxylic acids is 1. The van der Waals surface area contributed by atoms with Crippen LogP contribution in [0, 0.1) is 5.92 Å². The molecule has 0 aromatic heterocycles. The Hall–Kier alpha value is -1.26. The monoisotopic (exact) mass is 268 g/mol.